The lowest BCUT2D eigenvalue weighted by molar-refractivity contribution is -0.148. The monoisotopic (exact) mass is 263 g/mol. The molecule has 19 heavy (non-hydrogen) atoms. The van der Waals surface area contributed by atoms with E-state index in [1.807, 2.05) is 0 Å². The molecule has 2 atom stereocenters. The number of amidine groups is 1. The molecule has 3 rings (SSSR count). The predicted octanol–water partition coefficient (Wildman–Crippen LogP) is 1.17. The molecule has 3 aliphatic rings. The van der Waals surface area contributed by atoms with Gasteiger partial charge in [0.2, 0.25) is 0 Å². The van der Waals surface area contributed by atoms with Gasteiger partial charge in [-0.2, -0.15) is 0 Å². The van der Waals surface area contributed by atoms with E-state index in [0.29, 0.717) is 19.1 Å². The molecular weight excluding hydrogens is 242 g/mol. The third-order valence-electron chi connectivity index (χ3n) is 4.78. The number of aliphatic carboxylic acids is 1. The van der Waals surface area contributed by atoms with E-state index in [-0.39, 0.29) is 12.0 Å². The van der Waals surface area contributed by atoms with Gasteiger partial charge in [0.1, 0.15) is 5.84 Å². The Morgan fingerprint density at radius 1 is 1.32 bits per heavy atom. The van der Waals surface area contributed by atoms with E-state index in [1.54, 1.807) is 0 Å². The van der Waals surface area contributed by atoms with Gasteiger partial charge in [0.25, 0.3) is 0 Å². The minimum absolute atomic E-state index is 0.165. The molecule has 0 aromatic rings. The molecule has 2 fully saturated rings. The average molecular weight is 263 g/mol. The molecule has 0 bridgehead atoms. The minimum Gasteiger partial charge on any atom is -0.481 e. The third kappa shape index (κ3) is 1.96. The van der Waals surface area contributed by atoms with Crippen molar-refractivity contribution < 1.29 is 9.90 Å². The van der Waals surface area contributed by atoms with Crippen LogP contribution in [0.3, 0.4) is 0 Å². The zero-order valence-corrected chi connectivity index (χ0v) is 11.8. The zero-order valence-electron chi connectivity index (χ0n) is 11.8. The van der Waals surface area contributed by atoms with Gasteiger partial charge in [-0.05, 0) is 26.3 Å². The molecule has 0 aromatic heterocycles. The molecule has 5 nitrogen and oxygen atoms in total. The number of rotatable bonds is 2. The van der Waals surface area contributed by atoms with Crippen LogP contribution in [-0.4, -0.2) is 58.4 Å². The Morgan fingerprint density at radius 2 is 2.00 bits per heavy atom. The van der Waals surface area contributed by atoms with Crippen molar-refractivity contribution in [3.8, 4) is 0 Å². The van der Waals surface area contributed by atoms with Crippen molar-refractivity contribution >= 4 is 11.8 Å². The maximum atomic E-state index is 10.9. The standard InChI is InChI=1S/C14H21N3O2/c1-8-9(2)15-10(3)17-7-12(4-13(8)17)16-5-11(6-16)14(18)19/h9,11-12H,4-7H2,1-3H3,(H,18,19)/t9-,12?/m0/s1. The van der Waals surface area contributed by atoms with Crippen LogP contribution in [0.2, 0.25) is 0 Å². The molecule has 104 valence electrons. The van der Waals surface area contributed by atoms with E-state index in [2.05, 4.69) is 35.6 Å². The van der Waals surface area contributed by atoms with Crippen LogP contribution in [0.25, 0.3) is 0 Å². The van der Waals surface area contributed by atoms with Crippen molar-refractivity contribution in [3.05, 3.63) is 11.3 Å². The van der Waals surface area contributed by atoms with Gasteiger partial charge in [-0.3, -0.25) is 14.7 Å². The van der Waals surface area contributed by atoms with Gasteiger partial charge < -0.3 is 10.0 Å². The number of aliphatic imine (C=N–C) groups is 1. The molecule has 0 aliphatic carbocycles. The first-order valence-corrected chi connectivity index (χ1v) is 6.95. The SMILES string of the molecule is CC1=N[C@@H](C)C(C)=C2CC(N3CC(C(=O)O)C3)CN12. The van der Waals surface area contributed by atoms with E-state index in [1.165, 1.54) is 11.3 Å². The van der Waals surface area contributed by atoms with Crippen molar-refractivity contribution in [2.24, 2.45) is 10.9 Å². The van der Waals surface area contributed by atoms with E-state index < -0.39 is 5.97 Å². The summed E-state index contributed by atoms with van der Waals surface area (Å²) in [5.74, 6) is 0.279. The fourth-order valence-corrected chi connectivity index (χ4v) is 3.32. The van der Waals surface area contributed by atoms with Crippen molar-refractivity contribution in [1.29, 1.82) is 0 Å². The topological polar surface area (TPSA) is 56.1 Å². The summed E-state index contributed by atoms with van der Waals surface area (Å²) < 4.78 is 0. The third-order valence-corrected chi connectivity index (χ3v) is 4.78. The van der Waals surface area contributed by atoms with Gasteiger partial charge in [0.05, 0.1) is 12.0 Å². The summed E-state index contributed by atoms with van der Waals surface area (Å²) >= 11 is 0. The fraction of sp³-hybridized carbons (Fsp3) is 0.714. The number of hydrogen-bond donors (Lipinski definition) is 1. The Balaban J connectivity index is 1.71. The van der Waals surface area contributed by atoms with Gasteiger partial charge in [-0.25, -0.2) is 0 Å². The smallest absolute Gasteiger partial charge is 0.309 e. The quantitative estimate of drug-likeness (QED) is 0.812. The molecule has 2 saturated heterocycles. The second-order valence-corrected chi connectivity index (χ2v) is 5.94. The number of hydrogen-bond acceptors (Lipinski definition) is 4. The molecule has 0 radical (unpaired) electrons. The summed E-state index contributed by atoms with van der Waals surface area (Å²) in [4.78, 5) is 20.1. The van der Waals surface area contributed by atoms with Crippen LogP contribution in [0.4, 0.5) is 0 Å². The highest BCUT2D eigenvalue weighted by Crippen LogP contribution is 2.35. The normalized spacial score (nSPS) is 32.2. The van der Waals surface area contributed by atoms with Crippen LogP contribution in [0, 0.1) is 5.92 Å². The summed E-state index contributed by atoms with van der Waals surface area (Å²) in [5.41, 5.74) is 2.77. The van der Waals surface area contributed by atoms with Crippen LogP contribution in [0.15, 0.2) is 16.3 Å². The number of carboxylic acid groups (broad SMARTS) is 1. The molecular formula is C14H21N3O2. The Labute approximate surface area is 113 Å². The van der Waals surface area contributed by atoms with Crippen LogP contribution >= 0.6 is 0 Å². The van der Waals surface area contributed by atoms with Crippen molar-refractivity contribution in [2.45, 2.75) is 39.3 Å². The molecule has 0 aromatic carbocycles. The lowest BCUT2D eigenvalue weighted by Crippen LogP contribution is -2.55. The minimum atomic E-state index is -0.659. The van der Waals surface area contributed by atoms with Crippen LogP contribution in [0.1, 0.15) is 27.2 Å². The van der Waals surface area contributed by atoms with E-state index >= 15 is 0 Å². The van der Waals surface area contributed by atoms with E-state index in [9.17, 15) is 4.79 Å². The first-order chi connectivity index (χ1) is 8.97. The second kappa shape index (κ2) is 4.34. The van der Waals surface area contributed by atoms with E-state index in [4.69, 9.17) is 5.11 Å². The first-order valence-electron chi connectivity index (χ1n) is 6.95. The van der Waals surface area contributed by atoms with E-state index in [0.717, 1.165) is 18.8 Å². The molecule has 0 saturated carbocycles. The summed E-state index contributed by atoms with van der Waals surface area (Å²) in [6.07, 6.45) is 1.04. The van der Waals surface area contributed by atoms with Gasteiger partial charge in [-0.15, -0.1) is 0 Å². The summed E-state index contributed by atoms with van der Waals surface area (Å²) in [7, 11) is 0. The Kier molecular flexibility index (Phi) is 2.89. The fourth-order valence-electron chi connectivity index (χ4n) is 3.32. The number of likely N-dealkylation sites (tertiary alicyclic amines) is 1. The van der Waals surface area contributed by atoms with Gasteiger partial charge >= 0.3 is 5.97 Å². The Hall–Kier alpha value is -1.36. The molecule has 0 spiro atoms. The molecule has 1 N–H and O–H groups in total. The summed E-state index contributed by atoms with van der Waals surface area (Å²) in [6.45, 7) is 8.74. The first kappa shape index (κ1) is 12.7. The van der Waals surface area contributed by atoms with Gasteiger partial charge in [0.15, 0.2) is 0 Å². The van der Waals surface area contributed by atoms with Crippen LogP contribution in [-0.2, 0) is 4.79 Å². The van der Waals surface area contributed by atoms with Crippen molar-refractivity contribution in [3.63, 3.8) is 0 Å². The lowest BCUT2D eigenvalue weighted by atomic mass is 9.96. The van der Waals surface area contributed by atoms with Crippen molar-refractivity contribution in [2.75, 3.05) is 19.6 Å². The summed E-state index contributed by atoms with van der Waals surface area (Å²) in [5, 5.41) is 8.95. The van der Waals surface area contributed by atoms with Crippen molar-refractivity contribution in [1.82, 2.24) is 9.80 Å². The Morgan fingerprint density at radius 3 is 2.63 bits per heavy atom. The molecule has 1 unspecified atom stereocenters. The average Bonchev–Trinajstić information content (AvgIpc) is 2.68. The summed E-state index contributed by atoms with van der Waals surface area (Å²) in [6, 6.07) is 0.740. The predicted molar refractivity (Wildman–Crippen MR) is 73.1 cm³/mol. The number of carboxylic acids is 1. The highest BCUT2D eigenvalue weighted by molar-refractivity contribution is 5.83. The largest absolute Gasteiger partial charge is 0.481 e. The number of carbonyl (C=O) groups is 1. The maximum absolute atomic E-state index is 10.9. The molecule has 5 heteroatoms. The highest BCUT2D eigenvalue weighted by Gasteiger charge is 2.42. The highest BCUT2D eigenvalue weighted by atomic mass is 16.4. The molecule has 0 amide bonds. The lowest BCUT2D eigenvalue weighted by Gasteiger charge is -2.40. The van der Waals surface area contributed by atoms with Crippen LogP contribution in [0.5, 0.6) is 0 Å². The maximum Gasteiger partial charge on any atom is 0.309 e. The molecule has 3 aliphatic heterocycles. The van der Waals surface area contributed by atoms with Gasteiger partial charge in [0, 0.05) is 37.8 Å². The second-order valence-electron chi connectivity index (χ2n) is 5.94. The number of nitrogens with zero attached hydrogens (tertiary/aromatic N) is 3. The molecule has 3 heterocycles. The number of fused-ring (bicyclic) bond motifs is 1. The van der Waals surface area contributed by atoms with Crippen LogP contribution < -0.4 is 0 Å². The van der Waals surface area contributed by atoms with Gasteiger partial charge in [-0.1, -0.05) is 0 Å². The Bertz CT molecular complexity index is 477. The zero-order chi connectivity index (χ0) is 13.7.